The summed E-state index contributed by atoms with van der Waals surface area (Å²) in [6.45, 7) is 3.03. The van der Waals surface area contributed by atoms with E-state index in [2.05, 4.69) is 17.1 Å². The van der Waals surface area contributed by atoms with Gasteiger partial charge in [-0.2, -0.15) is 4.98 Å². The molecule has 0 bridgehead atoms. The quantitative estimate of drug-likeness (QED) is 0.845. The van der Waals surface area contributed by atoms with Crippen LogP contribution < -0.4 is 0 Å². The Kier molecular flexibility index (Phi) is 4.43. The number of ether oxygens (including phenoxy) is 1. The molecule has 0 aromatic carbocycles. The Bertz CT molecular complexity index is 404. The van der Waals surface area contributed by atoms with Crippen LogP contribution in [-0.4, -0.2) is 28.1 Å². The first-order chi connectivity index (χ1) is 9.33. The van der Waals surface area contributed by atoms with E-state index in [4.69, 9.17) is 9.26 Å². The summed E-state index contributed by atoms with van der Waals surface area (Å²) in [5, 5.41) is 4.71. The fourth-order valence-corrected chi connectivity index (χ4v) is 4.05. The van der Waals surface area contributed by atoms with Gasteiger partial charge in [-0.25, -0.2) is 0 Å². The van der Waals surface area contributed by atoms with Crippen molar-refractivity contribution in [2.45, 2.75) is 68.5 Å². The predicted molar refractivity (Wildman–Crippen MR) is 75.2 cm³/mol. The van der Waals surface area contributed by atoms with E-state index in [1.54, 1.807) is 0 Å². The van der Waals surface area contributed by atoms with Gasteiger partial charge in [0, 0.05) is 17.8 Å². The molecule has 0 amide bonds. The first-order valence-electron chi connectivity index (χ1n) is 7.38. The molecule has 0 N–H and O–H groups in total. The molecule has 1 aliphatic carbocycles. The minimum atomic E-state index is 0.356. The van der Waals surface area contributed by atoms with E-state index >= 15 is 0 Å². The highest BCUT2D eigenvalue weighted by Crippen LogP contribution is 2.32. The van der Waals surface area contributed by atoms with Crippen molar-refractivity contribution in [3.05, 3.63) is 11.7 Å². The summed E-state index contributed by atoms with van der Waals surface area (Å²) in [7, 11) is 0. The predicted octanol–water partition coefficient (Wildman–Crippen LogP) is 3.53. The largest absolute Gasteiger partial charge is 0.377 e. The van der Waals surface area contributed by atoms with E-state index in [-0.39, 0.29) is 0 Å². The molecule has 1 saturated carbocycles. The minimum Gasteiger partial charge on any atom is -0.377 e. The third-order valence-corrected chi connectivity index (χ3v) is 5.64. The number of hydrogen-bond donors (Lipinski definition) is 0. The lowest BCUT2D eigenvalue weighted by atomic mass is 9.89. The molecule has 2 aliphatic rings. The number of thioether (sulfide) groups is 1. The molecule has 0 spiro atoms. The van der Waals surface area contributed by atoms with Crippen LogP contribution in [0.2, 0.25) is 0 Å². The molecular weight excluding hydrogens is 260 g/mol. The first kappa shape index (κ1) is 13.4. The average molecular weight is 282 g/mol. The number of rotatable bonds is 4. The van der Waals surface area contributed by atoms with Gasteiger partial charge in [-0.15, -0.1) is 11.8 Å². The second kappa shape index (κ2) is 6.27. The van der Waals surface area contributed by atoms with Crippen LogP contribution in [0.5, 0.6) is 0 Å². The maximum Gasteiger partial charge on any atom is 0.229 e. The molecule has 1 aromatic rings. The van der Waals surface area contributed by atoms with Crippen molar-refractivity contribution >= 4 is 11.8 Å². The second-order valence-electron chi connectivity index (χ2n) is 5.60. The monoisotopic (exact) mass is 282 g/mol. The molecule has 106 valence electrons. The summed E-state index contributed by atoms with van der Waals surface area (Å²) in [5.41, 5.74) is 0. The van der Waals surface area contributed by atoms with Gasteiger partial charge in [0.2, 0.25) is 5.89 Å². The maximum atomic E-state index is 5.57. The highest BCUT2D eigenvalue weighted by atomic mass is 32.2. The van der Waals surface area contributed by atoms with Gasteiger partial charge in [-0.05, 0) is 26.2 Å². The maximum absolute atomic E-state index is 5.57. The molecule has 4 nitrogen and oxygen atoms in total. The second-order valence-corrected chi connectivity index (χ2v) is 6.83. The van der Waals surface area contributed by atoms with E-state index in [0.29, 0.717) is 17.3 Å². The van der Waals surface area contributed by atoms with Gasteiger partial charge in [0.25, 0.3) is 0 Å². The number of hydrogen-bond acceptors (Lipinski definition) is 5. The highest BCUT2D eigenvalue weighted by molar-refractivity contribution is 7.99. The molecule has 1 aliphatic heterocycles. The summed E-state index contributed by atoms with van der Waals surface area (Å²) in [5.74, 6) is 3.07. The fraction of sp³-hybridized carbons (Fsp3) is 0.857. The molecule has 2 heterocycles. The molecule has 0 radical (unpaired) electrons. The third kappa shape index (κ3) is 3.31. The van der Waals surface area contributed by atoms with Crippen LogP contribution >= 0.6 is 11.8 Å². The van der Waals surface area contributed by atoms with Crippen LogP contribution in [0.3, 0.4) is 0 Å². The Labute approximate surface area is 118 Å². The van der Waals surface area contributed by atoms with Crippen molar-refractivity contribution < 1.29 is 9.26 Å². The molecule has 0 unspecified atom stereocenters. The van der Waals surface area contributed by atoms with Crippen molar-refractivity contribution in [2.24, 2.45) is 0 Å². The summed E-state index contributed by atoms with van der Waals surface area (Å²) in [6.07, 6.45) is 7.87. The highest BCUT2D eigenvalue weighted by Gasteiger charge is 2.26. The Balaban J connectivity index is 1.52. The lowest BCUT2D eigenvalue weighted by molar-refractivity contribution is 0.127. The van der Waals surface area contributed by atoms with Gasteiger partial charge >= 0.3 is 0 Å². The van der Waals surface area contributed by atoms with Crippen molar-refractivity contribution in [2.75, 3.05) is 6.61 Å². The van der Waals surface area contributed by atoms with Crippen LogP contribution in [0.1, 0.15) is 63.1 Å². The standard InChI is InChI=1S/C14H22N2O2S/c1-10-12(7-8-17-10)19-9-13-15-14(18-16-13)11-5-3-2-4-6-11/h10-12H,2-9H2,1H3/t10-,12+/m1/s1. The molecule has 2 fully saturated rings. The van der Waals surface area contributed by atoms with Crippen molar-refractivity contribution in [3.8, 4) is 0 Å². The van der Waals surface area contributed by atoms with Crippen LogP contribution in [0, 0.1) is 0 Å². The van der Waals surface area contributed by atoms with E-state index in [9.17, 15) is 0 Å². The van der Waals surface area contributed by atoms with Crippen LogP contribution in [0.4, 0.5) is 0 Å². The summed E-state index contributed by atoms with van der Waals surface area (Å²) in [4.78, 5) is 4.58. The molecule has 1 saturated heterocycles. The smallest absolute Gasteiger partial charge is 0.229 e. The average Bonchev–Trinajstić information content (AvgIpc) is 3.06. The normalized spacial score (nSPS) is 28.9. The molecule has 19 heavy (non-hydrogen) atoms. The summed E-state index contributed by atoms with van der Waals surface area (Å²) in [6, 6.07) is 0. The summed E-state index contributed by atoms with van der Waals surface area (Å²) >= 11 is 1.90. The van der Waals surface area contributed by atoms with Gasteiger partial charge < -0.3 is 9.26 Å². The fourth-order valence-electron chi connectivity index (χ4n) is 2.95. The molecule has 2 atom stereocenters. The first-order valence-corrected chi connectivity index (χ1v) is 8.43. The molecular formula is C14H22N2O2S. The number of nitrogens with zero attached hydrogens (tertiary/aromatic N) is 2. The van der Waals surface area contributed by atoms with E-state index in [1.165, 1.54) is 32.1 Å². The van der Waals surface area contributed by atoms with Crippen molar-refractivity contribution in [1.82, 2.24) is 10.1 Å². The van der Waals surface area contributed by atoms with E-state index in [0.717, 1.165) is 30.5 Å². The lowest BCUT2D eigenvalue weighted by Gasteiger charge is -2.17. The zero-order valence-electron chi connectivity index (χ0n) is 11.5. The zero-order valence-corrected chi connectivity index (χ0v) is 12.3. The van der Waals surface area contributed by atoms with Crippen molar-refractivity contribution in [1.29, 1.82) is 0 Å². The van der Waals surface area contributed by atoms with Gasteiger partial charge in [0.1, 0.15) is 0 Å². The lowest BCUT2D eigenvalue weighted by Crippen LogP contribution is -2.13. The van der Waals surface area contributed by atoms with E-state index < -0.39 is 0 Å². The third-order valence-electron chi connectivity index (χ3n) is 4.17. The minimum absolute atomic E-state index is 0.356. The van der Waals surface area contributed by atoms with Gasteiger partial charge in [-0.3, -0.25) is 0 Å². The molecule has 5 heteroatoms. The molecule has 3 rings (SSSR count). The SMILES string of the molecule is C[C@H]1OCC[C@@H]1SCc1noc(C2CCCCC2)n1. The Morgan fingerprint density at radius 1 is 1.21 bits per heavy atom. The van der Waals surface area contributed by atoms with Crippen LogP contribution in [0.15, 0.2) is 4.52 Å². The molecule has 1 aromatic heterocycles. The zero-order chi connectivity index (χ0) is 13.1. The van der Waals surface area contributed by atoms with Crippen molar-refractivity contribution in [3.63, 3.8) is 0 Å². The topological polar surface area (TPSA) is 48.2 Å². The summed E-state index contributed by atoms with van der Waals surface area (Å²) < 4.78 is 11.0. The Morgan fingerprint density at radius 2 is 2.05 bits per heavy atom. The number of aromatic nitrogens is 2. The van der Waals surface area contributed by atoms with E-state index in [1.807, 2.05) is 11.8 Å². The Morgan fingerprint density at radius 3 is 2.79 bits per heavy atom. The van der Waals surface area contributed by atoms with Crippen LogP contribution in [-0.2, 0) is 10.5 Å². The van der Waals surface area contributed by atoms with Gasteiger partial charge in [-0.1, -0.05) is 24.4 Å². The van der Waals surface area contributed by atoms with Crippen LogP contribution in [0.25, 0.3) is 0 Å². The Hall–Kier alpha value is -0.550. The van der Waals surface area contributed by atoms with Gasteiger partial charge in [0.05, 0.1) is 11.9 Å². The van der Waals surface area contributed by atoms with Gasteiger partial charge in [0.15, 0.2) is 5.82 Å².